The summed E-state index contributed by atoms with van der Waals surface area (Å²) >= 11 is 1.14. The van der Waals surface area contributed by atoms with E-state index in [-0.39, 0.29) is 11.6 Å². The molecule has 0 spiro atoms. The van der Waals surface area contributed by atoms with E-state index in [1.165, 1.54) is 6.07 Å². The molecule has 0 aliphatic heterocycles. The van der Waals surface area contributed by atoms with Gasteiger partial charge in [-0.15, -0.1) is 0 Å². The Morgan fingerprint density at radius 2 is 1.94 bits per heavy atom. The highest BCUT2D eigenvalue weighted by atomic mass is 32.2. The van der Waals surface area contributed by atoms with Crippen LogP contribution in [0.4, 0.5) is 11.6 Å². The first-order valence-electron chi connectivity index (χ1n) is 4.67. The molecule has 4 N–H and O–H groups in total. The number of hydrogen-bond donors (Lipinski definition) is 2. The number of anilines is 2. The molecular formula is C10H9N5OS. The molecule has 0 aliphatic carbocycles. The molecule has 0 amide bonds. The highest BCUT2D eigenvalue weighted by Crippen LogP contribution is 2.26. The van der Waals surface area contributed by atoms with E-state index in [9.17, 15) is 4.79 Å². The summed E-state index contributed by atoms with van der Waals surface area (Å²) in [6.07, 6.45) is 2.32. The summed E-state index contributed by atoms with van der Waals surface area (Å²) in [6.45, 7) is 0. The second kappa shape index (κ2) is 4.79. The number of aromatic nitrogens is 3. The van der Waals surface area contributed by atoms with E-state index in [0.717, 1.165) is 18.0 Å². The molecule has 7 heteroatoms. The topological polar surface area (TPSA) is 108 Å². The van der Waals surface area contributed by atoms with Gasteiger partial charge in [-0.3, -0.25) is 4.79 Å². The van der Waals surface area contributed by atoms with E-state index in [4.69, 9.17) is 11.5 Å². The normalized spacial score (nSPS) is 10.1. The van der Waals surface area contributed by atoms with Crippen LogP contribution in [0, 0.1) is 0 Å². The van der Waals surface area contributed by atoms with Gasteiger partial charge < -0.3 is 11.5 Å². The van der Waals surface area contributed by atoms with Gasteiger partial charge >= 0.3 is 0 Å². The molecule has 0 fully saturated rings. The maximum Gasteiger partial charge on any atom is 0.197 e. The van der Waals surface area contributed by atoms with Crippen molar-refractivity contribution in [1.82, 2.24) is 15.0 Å². The number of rotatable bonds is 3. The van der Waals surface area contributed by atoms with E-state index in [1.807, 2.05) is 0 Å². The fraction of sp³-hybridized carbons (Fsp3) is 0. The van der Waals surface area contributed by atoms with Crippen molar-refractivity contribution in [3.05, 3.63) is 30.0 Å². The lowest BCUT2D eigenvalue weighted by Gasteiger charge is -2.03. The summed E-state index contributed by atoms with van der Waals surface area (Å²) in [6, 6.07) is 4.81. The number of hydrogen-bond acceptors (Lipinski definition) is 7. The summed E-state index contributed by atoms with van der Waals surface area (Å²) in [7, 11) is 0. The molecule has 6 nitrogen and oxygen atoms in total. The SMILES string of the molecule is Nc1cc(N)nc(Sc2ncccc2C=O)n1. The lowest BCUT2D eigenvalue weighted by atomic mass is 10.3. The van der Waals surface area contributed by atoms with Gasteiger partial charge in [-0.2, -0.15) is 0 Å². The predicted molar refractivity (Wildman–Crippen MR) is 64.6 cm³/mol. The van der Waals surface area contributed by atoms with Gasteiger partial charge in [0.25, 0.3) is 0 Å². The lowest BCUT2D eigenvalue weighted by Crippen LogP contribution is -1.99. The first kappa shape index (κ1) is 11.3. The molecule has 0 aromatic carbocycles. The number of aldehydes is 1. The molecule has 2 aromatic rings. The fourth-order valence-corrected chi connectivity index (χ4v) is 1.99. The largest absolute Gasteiger partial charge is 0.383 e. The molecule has 2 aromatic heterocycles. The van der Waals surface area contributed by atoms with Gasteiger partial charge in [-0.1, -0.05) is 0 Å². The van der Waals surface area contributed by atoms with Crippen molar-refractivity contribution in [2.24, 2.45) is 0 Å². The monoisotopic (exact) mass is 247 g/mol. The van der Waals surface area contributed by atoms with Crippen LogP contribution in [0.5, 0.6) is 0 Å². The third-order valence-electron chi connectivity index (χ3n) is 1.86. The van der Waals surface area contributed by atoms with Crippen molar-refractivity contribution >= 4 is 29.7 Å². The Morgan fingerprint density at radius 1 is 1.24 bits per heavy atom. The molecule has 0 bridgehead atoms. The minimum atomic E-state index is 0.281. The molecule has 0 atom stereocenters. The van der Waals surface area contributed by atoms with Crippen molar-refractivity contribution < 1.29 is 4.79 Å². The van der Waals surface area contributed by atoms with Crippen LogP contribution in [0.3, 0.4) is 0 Å². The number of nitrogens with zero attached hydrogens (tertiary/aromatic N) is 3. The van der Waals surface area contributed by atoms with Crippen molar-refractivity contribution in [1.29, 1.82) is 0 Å². The van der Waals surface area contributed by atoms with Gasteiger partial charge in [0.15, 0.2) is 11.4 Å². The van der Waals surface area contributed by atoms with Crippen molar-refractivity contribution in [2.75, 3.05) is 11.5 Å². The molecule has 0 aliphatic rings. The zero-order chi connectivity index (χ0) is 12.3. The van der Waals surface area contributed by atoms with Crippen LogP contribution in [0.1, 0.15) is 10.4 Å². The molecule has 0 saturated carbocycles. The minimum absolute atomic E-state index is 0.281. The predicted octanol–water partition coefficient (Wildman–Crippen LogP) is 1.000. The van der Waals surface area contributed by atoms with E-state index in [2.05, 4.69) is 15.0 Å². The molecule has 86 valence electrons. The van der Waals surface area contributed by atoms with Gasteiger partial charge in [0.1, 0.15) is 16.7 Å². The second-order valence-electron chi connectivity index (χ2n) is 3.12. The first-order chi connectivity index (χ1) is 8.19. The van der Waals surface area contributed by atoms with E-state index in [0.29, 0.717) is 15.7 Å². The maximum atomic E-state index is 10.8. The minimum Gasteiger partial charge on any atom is -0.383 e. The van der Waals surface area contributed by atoms with Crippen LogP contribution in [-0.4, -0.2) is 21.2 Å². The third-order valence-corrected chi connectivity index (χ3v) is 2.76. The number of pyridine rings is 1. The van der Waals surface area contributed by atoms with Crippen LogP contribution in [0.15, 0.2) is 34.6 Å². The Bertz CT molecular complexity index is 540. The smallest absolute Gasteiger partial charge is 0.197 e. The van der Waals surface area contributed by atoms with E-state index < -0.39 is 0 Å². The zero-order valence-corrected chi connectivity index (χ0v) is 9.52. The third kappa shape index (κ3) is 2.70. The summed E-state index contributed by atoms with van der Waals surface area (Å²) in [5.41, 5.74) is 11.6. The Hall–Kier alpha value is -2.15. The Balaban J connectivity index is 2.34. The van der Waals surface area contributed by atoms with E-state index in [1.54, 1.807) is 18.3 Å². The molecule has 2 heterocycles. The van der Waals surface area contributed by atoms with Gasteiger partial charge in [0.2, 0.25) is 0 Å². The highest BCUT2D eigenvalue weighted by molar-refractivity contribution is 7.99. The van der Waals surface area contributed by atoms with Crippen LogP contribution in [0.2, 0.25) is 0 Å². The standard InChI is InChI=1S/C10H9N5OS/c11-7-4-8(12)15-10(14-7)17-9-6(5-16)2-1-3-13-9/h1-5H,(H4,11,12,14,15). The number of carbonyl (C=O) groups excluding carboxylic acids is 1. The number of nitrogen functional groups attached to an aromatic ring is 2. The Morgan fingerprint density at radius 3 is 2.59 bits per heavy atom. The van der Waals surface area contributed by atoms with Gasteiger partial charge in [0, 0.05) is 17.8 Å². The number of carbonyl (C=O) groups is 1. The first-order valence-corrected chi connectivity index (χ1v) is 5.49. The highest BCUT2D eigenvalue weighted by Gasteiger charge is 2.08. The molecule has 0 unspecified atom stereocenters. The van der Waals surface area contributed by atoms with Crippen molar-refractivity contribution in [2.45, 2.75) is 10.2 Å². The van der Waals surface area contributed by atoms with Crippen LogP contribution in [0.25, 0.3) is 0 Å². The average Bonchev–Trinajstić information content (AvgIpc) is 2.28. The molecule has 0 radical (unpaired) electrons. The van der Waals surface area contributed by atoms with Crippen LogP contribution < -0.4 is 11.5 Å². The maximum absolute atomic E-state index is 10.8. The number of nitrogens with two attached hydrogens (primary N) is 2. The van der Waals surface area contributed by atoms with Gasteiger partial charge in [-0.25, -0.2) is 15.0 Å². The quantitative estimate of drug-likeness (QED) is 0.615. The van der Waals surface area contributed by atoms with Crippen LogP contribution >= 0.6 is 11.8 Å². The van der Waals surface area contributed by atoms with E-state index >= 15 is 0 Å². The van der Waals surface area contributed by atoms with Crippen molar-refractivity contribution in [3.8, 4) is 0 Å². The average molecular weight is 247 g/mol. The Kier molecular flexibility index (Phi) is 3.20. The lowest BCUT2D eigenvalue weighted by molar-refractivity contribution is 0.112. The van der Waals surface area contributed by atoms with Gasteiger partial charge in [-0.05, 0) is 23.9 Å². The second-order valence-corrected chi connectivity index (χ2v) is 4.07. The summed E-state index contributed by atoms with van der Waals surface area (Å²) in [4.78, 5) is 22.9. The zero-order valence-electron chi connectivity index (χ0n) is 8.70. The molecular weight excluding hydrogens is 238 g/mol. The van der Waals surface area contributed by atoms with Crippen LogP contribution in [-0.2, 0) is 0 Å². The summed E-state index contributed by atoms with van der Waals surface area (Å²) in [5.74, 6) is 0.562. The summed E-state index contributed by atoms with van der Waals surface area (Å²) in [5, 5.41) is 0.886. The van der Waals surface area contributed by atoms with Gasteiger partial charge in [0.05, 0.1) is 0 Å². The molecule has 0 saturated heterocycles. The van der Waals surface area contributed by atoms with Crippen molar-refractivity contribution in [3.63, 3.8) is 0 Å². The molecule has 17 heavy (non-hydrogen) atoms. The Labute approximate surface area is 101 Å². The summed E-state index contributed by atoms with van der Waals surface area (Å²) < 4.78 is 0. The fourth-order valence-electron chi connectivity index (χ4n) is 1.17. The molecule has 2 rings (SSSR count).